The summed E-state index contributed by atoms with van der Waals surface area (Å²) in [6.07, 6.45) is -5.65. The Bertz CT molecular complexity index is 814. The molecule has 0 radical (unpaired) electrons. The summed E-state index contributed by atoms with van der Waals surface area (Å²) in [6.45, 7) is 2.10. The van der Waals surface area contributed by atoms with Crippen LogP contribution in [0.2, 0.25) is 0 Å². The van der Waals surface area contributed by atoms with Gasteiger partial charge in [-0.25, -0.2) is 4.79 Å². The lowest BCUT2D eigenvalue weighted by molar-refractivity contribution is -0.115. The van der Waals surface area contributed by atoms with Crippen LogP contribution in [0.3, 0.4) is 0 Å². The van der Waals surface area contributed by atoms with Crippen LogP contribution in [0.5, 0.6) is 0 Å². The van der Waals surface area contributed by atoms with Crippen molar-refractivity contribution in [3.8, 4) is 0 Å². The number of benzene rings is 1. The number of rotatable bonds is 9. The van der Waals surface area contributed by atoms with Crippen molar-refractivity contribution >= 4 is 96.9 Å². The molecule has 1 rings (SSSR count). The van der Waals surface area contributed by atoms with E-state index in [4.69, 9.17) is 20.4 Å². The molecule has 0 heterocycles. The number of halogens is 3. The molecule has 0 aliphatic heterocycles. The molecule has 0 spiro atoms. The lowest BCUT2D eigenvalue weighted by atomic mass is 10.0. The van der Waals surface area contributed by atoms with E-state index < -0.39 is 37.0 Å². The summed E-state index contributed by atoms with van der Waals surface area (Å²) in [4.78, 5) is 33.9. The van der Waals surface area contributed by atoms with Crippen LogP contribution in [0.4, 0.5) is 11.4 Å². The number of carbonyl (C=O) groups excluding carboxylic acids is 2. The number of aliphatic hydroxyl groups excluding tert-OH is 5. The maximum atomic E-state index is 11.4. The van der Waals surface area contributed by atoms with Crippen LogP contribution >= 0.6 is 67.8 Å². The van der Waals surface area contributed by atoms with Gasteiger partial charge in [-0.05, 0) is 74.8 Å². The molecule has 0 fully saturated rings. The molecule has 0 aliphatic rings. The smallest absolute Gasteiger partial charge is 0.338 e. The average molecular weight is 809 g/mol. The highest BCUT2D eigenvalue weighted by Crippen LogP contribution is 2.38. The lowest BCUT2D eigenvalue weighted by Gasteiger charge is -2.25. The highest BCUT2D eigenvalue weighted by Gasteiger charge is 2.29. The minimum Gasteiger partial charge on any atom is -0.478 e. The van der Waals surface area contributed by atoms with Crippen molar-refractivity contribution in [1.82, 2.24) is 5.32 Å². The first-order valence-corrected chi connectivity index (χ1v) is 12.4. The maximum absolute atomic E-state index is 11.4. The van der Waals surface area contributed by atoms with Gasteiger partial charge in [0.25, 0.3) is 0 Å². The zero-order valence-electron chi connectivity index (χ0n) is 17.8. The van der Waals surface area contributed by atoms with E-state index in [1.54, 1.807) is 7.05 Å². The Labute approximate surface area is 231 Å². The minimum absolute atomic E-state index is 0.0547. The van der Waals surface area contributed by atoms with E-state index in [2.05, 4.69) is 16.0 Å². The predicted molar refractivity (Wildman–Crippen MR) is 145 cm³/mol. The van der Waals surface area contributed by atoms with Gasteiger partial charge < -0.3 is 46.6 Å². The molecule has 0 aliphatic carbocycles. The van der Waals surface area contributed by atoms with Crippen molar-refractivity contribution in [1.29, 1.82) is 0 Å². The third-order valence-corrected chi connectivity index (χ3v) is 7.11. The lowest BCUT2D eigenvalue weighted by Crippen LogP contribution is -2.48. The number of amides is 2. The first-order chi connectivity index (χ1) is 15.2. The molecule has 4 atom stereocenters. The number of likely N-dealkylation sites (N-methyl/N-ethyl adjacent to an activating group) is 1. The van der Waals surface area contributed by atoms with Gasteiger partial charge in [-0.1, -0.05) is 0 Å². The summed E-state index contributed by atoms with van der Waals surface area (Å²) in [5, 5.41) is 62.0. The van der Waals surface area contributed by atoms with Gasteiger partial charge in [0.05, 0.1) is 40.4 Å². The van der Waals surface area contributed by atoms with Crippen LogP contribution in [-0.4, -0.2) is 93.0 Å². The number of carboxylic acids is 1. The number of nitrogens with one attached hydrogen (secondary N) is 3. The van der Waals surface area contributed by atoms with Crippen LogP contribution in [0.15, 0.2) is 0 Å². The van der Waals surface area contributed by atoms with Gasteiger partial charge >= 0.3 is 5.97 Å². The largest absolute Gasteiger partial charge is 0.478 e. The van der Waals surface area contributed by atoms with Gasteiger partial charge in [-0.3, -0.25) is 9.59 Å². The van der Waals surface area contributed by atoms with Crippen LogP contribution < -0.4 is 16.0 Å². The molecule has 1 aromatic rings. The van der Waals surface area contributed by atoms with E-state index in [1.165, 1.54) is 13.8 Å². The van der Waals surface area contributed by atoms with Crippen molar-refractivity contribution in [3.05, 3.63) is 16.3 Å². The van der Waals surface area contributed by atoms with E-state index in [-0.39, 0.29) is 23.9 Å². The van der Waals surface area contributed by atoms with Gasteiger partial charge in [0.2, 0.25) is 11.8 Å². The van der Waals surface area contributed by atoms with Gasteiger partial charge in [-0.15, -0.1) is 0 Å². The van der Waals surface area contributed by atoms with E-state index >= 15 is 0 Å². The molecule has 0 bridgehead atoms. The van der Waals surface area contributed by atoms with Crippen LogP contribution in [0, 0.1) is 10.7 Å². The second-order valence-electron chi connectivity index (χ2n) is 6.59. The quantitative estimate of drug-likeness (QED) is 0.150. The zero-order chi connectivity index (χ0) is 26.0. The summed E-state index contributed by atoms with van der Waals surface area (Å²) in [7, 11) is 1.57. The molecule has 188 valence electrons. The van der Waals surface area contributed by atoms with Crippen LogP contribution in [0.1, 0.15) is 24.2 Å². The molecule has 0 aromatic heterocycles. The SMILES string of the molecule is CC(=O)Nc1c(I)c(NC(C)=O)c(I)c(C(=O)O)c1I.CNC[C@@H](O)[C@H](O)[C@@H](O)[C@@H](O)CO. The van der Waals surface area contributed by atoms with Gasteiger partial charge in [0, 0.05) is 20.4 Å². The Balaban J connectivity index is 0.000000684. The summed E-state index contributed by atoms with van der Waals surface area (Å²) in [6, 6.07) is 0. The van der Waals surface area contributed by atoms with Crippen molar-refractivity contribution in [2.45, 2.75) is 38.3 Å². The molecular formula is C18H26I3N3O9. The van der Waals surface area contributed by atoms with Gasteiger partial charge in [0.1, 0.15) is 18.3 Å². The maximum Gasteiger partial charge on any atom is 0.338 e. The summed E-state index contributed by atoms with van der Waals surface area (Å²) in [5.74, 6) is -1.74. The fraction of sp³-hybridized carbons (Fsp3) is 0.500. The zero-order valence-corrected chi connectivity index (χ0v) is 24.2. The second kappa shape index (κ2) is 15.5. The Morgan fingerprint density at radius 3 is 1.52 bits per heavy atom. The van der Waals surface area contributed by atoms with E-state index in [0.29, 0.717) is 22.1 Å². The second-order valence-corrected chi connectivity index (χ2v) is 9.83. The van der Waals surface area contributed by atoms with Crippen molar-refractivity contribution in [3.63, 3.8) is 0 Å². The standard InChI is InChI=1S/C11H9I3N2O4.C7H17NO5/c1-3(17)15-9-6(12)5(11(19)20)7(13)10(8(9)14)16-4(2)18;1-8-2-4(10)6(12)7(13)5(11)3-9/h1-2H3,(H,15,17)(H,16,18)(H,19,20);4-13H,2-3H2,1H3/t;4-,5+,6+,7+/m.1/s1. The molecule has 12 nitrogen and oxygen atoms in total. The average Bonchev–Trinajstić information content (AvgIpc) is 2.72. The predicted octanol–water partition coefficient (Wildman–Crippen LogP) is -0.243. The van der Waals surface area contributed by atoms with Crippen molar-refractivity contribution in [2.75, 3.05) is 30.8 Å². The topological polar surface area (TPSA) is 209 Å². The Morgan fingerprint density at radius 2 is 1.21 bits per heavy atom. The summed E-state index contributed by atoms with van der Waals surface area (Å²) < 4.78 is 1.44. The molecule has 15 heteroatoms. The molecule has 0 unspecified atom stereocenters. The van der Waals surface area contributed by atoms with Crippen molar-refractivity contribution in [2.24, 2.45) is 0 Å². The summed E-state index contributed by atoms with van der Waals surface area (Å²) in [5.41, 5.74) is 0.833. The van der Waals surface area contributed by atoms with Crippen LogP contribution in [-0.2, 0) is 9.59 Å². The van der Waals surface area contributed by atoms with Crippen LogP contribution in [0.25, 0.3) is 0 Å². The Kier molecular flexibility index (Phi) is 15.4. The minimum atomic E-state index is -1.55. The van der Waals surface area contributed by atoms with Gasteiger partial charge in [-0.2, -0.15) is 0 Å². The monoisotopic (exact) mass is 809 g/mol. The highest BCUT2D eigenvalue weighted by molar-refractivity contribution is 14.1. The third-order valence-electron chi connectivity index (χ3n) is 3.87. The number of hydrogen-bond donors (Lipinski definition) is 9. The normalized spacial score (nSPS) is 14.3. The van der Waals surface area contributed by atoms with E-state index in [0.717, 1.165) is 0 Å². The third kappa shape index (κ3) is 9.99. The number of carboxylic acid groups (broad SMARTS) is 1. The molecule has 1 aromatic carbocycles. The number of aliphatic hydroxyl groups is 5. The summed E-state index contributed by atoms with van der Waals surface area (Å²) >= 11 is 5.71. The number of aromatic carboxylic acids is 1. The first-order valence-electron chi connectivity index (χ1n) is 9.17. The van der Waals surface area contributed by atoms with Gasteiger partial charge in [0.15, 0.2) is 0 Å². The fourth-order valence-corrected chi connectivity index (χ4v) is 6.48. The number of hydrogen-bond acceptors (Lipinski definition) is 9. The first kappa shape index (κ1) is 32.6. The van der Waals surface area contributed by atoms with Crippen molar-refractivity contribution < 1.29 is 45.0 Å². The van der Waals surface area contributed by atoms with E-state index in [1.807, 2.05) is 67.8 Å². The molecule has 9 N–H and O–H groups in total. The fourth-order valence-electron chi connectivity index (χ4n) is 2.32. The van der Waals surface area contributed by atoms with E-state index in [9.17, 15) is 24.6 Å². The molecule has 0 saturated heterocycles. The molecule has 33 heavy (non-hydrogen) atoms. The molecular weight excluding hydrogens is 783 g/mol. The molecule has 0 saturated carbocycles. The number of anilines is 2. The highest BCUT2D eigenvalue weighted by atomic mass is 127. The number of carbonyl (C=O) groups is 3. The Hall–Kier alpha value is -0.420. The Morgan fingerprint density at radius 1 is 0.818 bits per heavy atom. The molecule has 2 amide bonds.